The van der Waals surface area contributed by atoms with Crippen molar-refractivity contribution in [3.63, 3.8) is 0 Å². The van der Waals surface area contributed by atoms with Crippen LogP contribution in [0.15, 0.2) is 65.7 Å². The van der Waals surface area contributed by atoms with Crippen LogP contribution >= 0.6 is 0 Å². The number of nitrogens with zero attached hydrogens (tertiary/aromatic N) is 1. The number of carbonyl (C=O) groups excluding carboxylic acids is 4. The number of hydrogen-bond acceptors (Lipinski definition) is 7. The molecule has 11 heteroatoms. The van der Waals surface area contributed by atoms with Gasteiger partial charge in [0, 0.05) is 0 Å². The van der Waals surface area contributed by atoms with Crippen molar-refractivity contribution in [2.75, 3.05) is 13.7 Å². The van der Waals surface area contributed by atoms with Crippen LogP contribution in [0.25, 0.3) is 0 Å². The molecule has 0 aromatic heterocycles. The quantitative estimate of drug-likeness (QED) is 0.169. The van der Waals surface area contributed by atoms with E-state index in [1.807, 2.05) is 74.5 Å². The van der Waals surface area contributed by atoms with Crippen LogP contribution in [0.3, 0.4) is 0 Å². The molecular formula is C29H37N4O6Se. The number of amides is 3. The molecule has 40 heavy (non-hydrogen) atoms. The SMILES string of the molecule is CC[C@H](C)[C@H](N=C([Se])[C@H](Cc1ccccc1)NC(=O)CNC(=O)[C@H](C)NC(=O)OCc1ccccc1)C(=O)OC. The summed E-state index contributed by atoms with van der Waals surface area (Å²) in [4.78, 5) is 54.3. The third-order valence-electron chi connectivity index (χ3n) is 6.17. The average Bonchev–Trinajstić information content (AvgIpc) is 2.97. The molecule has 0 spiro atoms. The summed E-state index contributed by atoms with van der Waals surface area (Å²) in [6, 6.07) is 16.4. The number of alkyl carbamates (subject to hydrolysis) is 1. The molecule has 1 radical (unpaired) electrons. The number of esters is 1. The van der Waals surface area contributed by atoms with Crippen LogP contribution in [0.1, 0.15) is 38.3 Å². The Labute approximate surface area is 243 Å². The zero-order valence-corrected chi connectivity index (χ0v) is 24.9. The molecule has 2 rings (SSSR count). The Hall–Kier alpha value is -3.69. The van der Waals surface area contributed by atoms with Gasteiger partial charge in [0.15, 0.2) is 0 Å². The van der Waals surface area contributed by atoms with E-state index in [9.17, 15) is 19.2 Å². The Balaban J connectivity index is 1.99. The summed E-state index contributed by atoms with van der Waals surface area (Å²) in [5.41, 5.74) is 1.76. The van der Waals surface area contributed by atoms with E-state index in [4.69, 9.17) is 9.47 Å². The van der Waals surface area contributed by atoms with Gasteiger partial charge in [-0.05, 0) is 5.56 Å². The van der Waals surface area contributed by atoms with Crippen LogP contribution < -0.4 is 16.0 Å². The van der Waals surface area contributed by atoms with Gasteiger partial charge < -0.3 is 0 Å². The van der Waals surface area contributed by atoms with Crippen molar-refractivity contribution in [2.45, 2.75) is 58.3 Å². The molecule has 3 amide bonds. The van der Waals surface area contributed by atoms with Crippen molar-refractivity contribution in [1.82, 2.24) is 16.0 Å². The molecule has 0 aliphatic rings. The first kappa shape index (κ1) is 32.5. The second kappa shape index (κ2) is 17.1. The first-order valence-corrected chi connectivity index (χ1v) is 13.9. The third-order valence-corrected chi connectivity index (χ3v) is 6.99. The van der Waals surface area contributed by atoms with Gasteiger partial charge in [0.2, 0.25) is 0 Å². The number of aliphatic imine (C=N–C) groups is 1. The van der Waals surface area contributed by atoms with Crippen molar-refractivity contribution >= 4 is 44.5 Å². The first-order chi connectivity index (χ1) is 19.1. The number of benzene rings is 2. The zero-order valence-electron chi connectivity index (χ0n) is 23.2. The van der Waals surface area contributed by atoms with Crippen molar-refractivity contribution in [3.05, 3.63) is 71.8 Å². The van der Waals surface area contributed by atoms with Gasteiger partial charge in [-0.3, -0.25) is 0 Å². The van der Waals surface area contributed by atoms with Crippen molar-refractivity contribution < 1.29 is 28.7 Å². The fourth-order valence-electron chi connectivity index (χ4n) is 3.61. The average molecular weight is 617 g/mol. The monoisotopic (exact) mass is 617 g/mol. The van der Waals surface area contributed by atoms with E-state index in [-0.39, 0.29) is 19.1 Å². The molecular weight excluding hydrogens is 579 g/mol. The molecule has 2 aromatic rings. The molecule has 0 unspecified atom stereocenters. The topological polar surface area (TPSA) is 135 Å². The Morgan fingerprint density at radius 1 is 0.925 bits per heavy atom. The van der Waals surface area contributed by atoms with Crippen LogP contribution in [0.2, 0.25) is 0 Å². The van der Waals surface area contributed by atoms with Gasteiger partial charge >= 0.3 is 208 Å². The minimum absolute atomic E-state index is 0.0675. The molecule has 3 N–H and O–H groups in total. The summed E-state index contributed by atoms with van der Waals surface area (Å²) < 4.78 is 10.5. The Morgan fingerprint density at radius 3 is 2.10 bits per heavy atom. The molecule has 0 bridgehead atoms. The Bertz CT molecular complexity index is 1150. The Morgan fingerprint density at radius 2 is 1.52 bits per heavy atom. The van der Waals surface area contributed by atoms with Gasteiger partial charge in [0.05, 0.1) is 0 Å². The maximum atomic E-state index is 12.8. The molecule has 0 saturated carbocycles. The van der Waals surface area contributed by atoms with Crippen LogP contribution in [-0.4, -0.2) is 76.3 Å². The molecule has 215 valence electrons. The van der Waals surface area contributed by atoms with Gasteiger partial charge in [-0.25, -0.2) is 0 Å². The van der Waals surface area contributed by atoms with Crippen molar-refractivity contribution in [2.24, 2.45) is 10.9 Å². The molecule has 2 aromatic carbocycles. The molecule has 4 atom stereocenters. The summed E-state index contributed by atoms with van der Waals surface area (Å²) in [5, 5.41) is 7.84. The van der Waals surface area contributed by atoms with Gasteiger partial charge in [0.1, 0.15) is 0 Å². The number of ether oxygens (including phenoxy) is 2. The van der Waals surface area contributed by atoms with Crippen LogP contribution in [0.4, 0.5) is 4.79 Å². The Kier molecular flexibility index (Phi) is 13.9. The van der Waals surface area contributed by atoms with Gasteiger partial charge in [0.25, 0.3) is 0 Å². The summed E-state index contributed by atoms with van der Waals surface area (Å²) in [7, 11) is 1.32. The second-order valence-electron chi connectivity index (χ2n) is 9.28. The molecule has 0 fully saturated rings. The van der Waals surface area contributed by atoms with Crippen molar-refractivity contribution in [1.29, 1.82) is 0 Å². The van der Waals surface area contributed by atoms with E-state index in [0.29, 0.717) is 17.5 Å². The maximum absolute atomic E-state index is 12.8. The summed E-state index contributed by atoms with van der Waals surface area (Å²) in [6.45, 7) is 5.10. The number of carbonyl (C=O) groups is 4. The minimum atomic E-state index is -0.927. The van der Waals surface area contributed by atoms with Gasteiger partial charge in [-0.1, -0.05) is 30.3 Å². The van der Waals surface area contributed by atoms with E-state index in [2.05, 4.69) is 37.0 Å². The number of methoxy groups -OCH3 is 1. The van der Waals surface area contributed by atoms with Crippen LogP contribution in [0.5, 0.6) is 0 Å². The van der Waals surface area contributed by atoms with E-state index < -0.39 is 42.0 Å². The fraction of sp³-hybridized carbons (Fsp3) is 0.414. The molecule has 10 nitrogen and oxygen atoms in total. The van der Waals surface area contributed by atoms with Crippen molar-refractivity contribution in [3.8, 4) is 0 Å². The van der Waals surface area contributed by atoms with E-state index >= 15 is 0 Å². The molecule has 0 aliphatic carbocycles. The predicted octanol–water partition coefficient (Wildman–Crippen LogP) is 2.30. The first-order valence-electron chi connectivity index (χ1n) is 13.0. The van der Waals surface area contributed by atoms with E-state index in [0.717, 1.165) is 11.1 Å². The summed E-state index contributed by atoms with van der Waals surface area (Å²) in [6.07, 6.45) is 0.374. The third kappa shape index (κ3) is 11.2. The van der Waals surface area contributed by atoms with E-state index in [1.165, 1.54) is 14.0 Å². The van der Waals surface area contributed by atoms with Gasteiger partial charge in [-0.15, -0.1) is 0 Å². The summed E-state index contributed by atoms with van der Waals surface area (Å²) >= 11 is 2.90. The second-order valence-corrected chi connectivity index (χ2v) is 10.2. The number of nitrogens with one attached hydrogen (secondary N) is 3. The number of rotatable bonds is 14. The van der Waals surface area contributed by atoms with Gasteiger partial charge in [-0.2, -0.15) is 0 Å². The van der Waals surface area contributed by atoms with Crippen LogP contribution in [0, 0.1) is 5.92 Å². The summed E-state index contributed by atoms with van der Waals surface area (Å²) in [5.74, 6) is -1.54. The molecule has 0 heterocycles. The fourth-order valence-corrected chi connectivity index (χ4v) is 4.14. The standard InChI is InChI=1S/C29H37N4O6Se/c1-5-19(2)25(28(36)38-4)33-27(40)23(16-21-12-8-6-9-13-21)32-24(34)17-30-26(35)20(3)31-29(37)39-18-22-14-10-7-11-15-22/h6-15,19-20,23,25H,5,16-18H2,1-4H3,(H,30,35)(H,31,37)(H,32,34)/t19-,20-,23-,25-/m0/s1. The zero-order chi connectivity index (χ0) is 29.5. The normalized spacial score (nSPS) is 14.2. The predicted molar refractivity (Wildman–Crippen MR) is 153 cm³/mol. The van der Waals surface area contributed by atoms with Crippen LogP contribution in [-0.2, 0) is 36.9 Å². The molecule has 0 aliphatic heterocycles. The molecule has 0 saturated heterocycles. The number of hydrogen-bond donors (Lipinski definition) is 3. The van der Waals surface area contributed by atoms with E-state index in [1.54, 1.807) is 0 Å².